The molecule has 3 aromatic heterocycles. The van der Waals surface area contributed by atoms with Gasteiger partial charge in [-0.25, -0.2) is 9.97 Å². The SMILES string of the molecule is COc1ccc(-c2cn(C)nc2C(=O)N2C[C@@H](C)O[C@@H](C)[C@H]2CNc2cnc(C(F)(F)F)cn2)nc1. The summed E-state index contributed by atoms with van der Waals surface area (Å²) in [6.45, 7) is 4.19. The normalized spacial score (nSPS) is 20.3. The van der Waals surface area contributed by atoms with Crippen molar-refractivity contribution >= 4 is 11.7 Å². The number of alkyl halides is 3. The first-order chi connectivity index (χ1) is 17.1. The number of hydrogen-bond donors (Lipinski definition) is 1. The Morgan fingerprint density at radius 3 is 2.58 bits per heavy atom. The van der Waals surface area contributed by atoms with E-state index in [1.807, 2.05) is 13.8 Å². The van der Waals surface area contributed by atoms with Gasteiger partial charge < -0.3 is 19.7 Å². The highest BCUT2D eigenvalue weighted by Gasteiger charge is 2.38. The molecule has 0 spiro atoms. The standard InChI is InChI=1S/C23H26F3N7O3/c1-13-11-33(18(14(2)36-13)8-29-20-10-28-19(9-30-20)23(24,25)26)22(34)21-16(12-32(3)31-21)17-6-5-15(35-4)7-27-17/h5-7,9-10,12-14,18H,8,11H2,1-4H3,(H,29,30)/t13-,14+,18-/m1/s1. The topological polar surface area (TPSA) is 107 Å². The van der Waals surface area contributed by atoms with Gasteiger partial charge in [-0.3, -0.25) is 14.5 Å². The van der Waals surface area contributed by atoms with Crippen LogP contribution in [0.5, 0.6) is 5.75 Å². The van der Waals surface area contributed by atoms with E-state index in [1.165, 1.54) is 0 Å². The molecule has 13 heteroatoms. The number of nitrogens with one attached hydrogen (secondary N) is 1. The summed E-state index contributed by atoms with van der Waals surface area (Å²) in [4.78, 5) is 27.0. The zero-order valence-corrected chi connectivity index (χ0v) is 20.2. The van der Waals surface area contributed by atoms with Gasteiger partial charge >= 0.3 is 6.18 Å². The number of amides is 1. The molecule has 0 unspecified atom stereocenters. The highest BCUT2D eigenvalue weighted by molar-refractivity contribution is 5.98. The van der Waals surface area contributed by atoms with Crippen molar-refractivity contribution in [2.24, 2.45) is 7.05 Å². The van der Waals surface area contributed by atoms with Crippen molar-refractivity contribution in [3.63, 3.8) is 0 Å². The Kier molecular flexibility index (Phi) is 7.11. The van der Waals surface area contributed by atoms with Gasteiger partial charge in [-0.2, -0.15) is 18.3 Å². The van der Waals surface area contributed by atoms with Gasteiger partial charge in [0, 0.05) is 26.3 Å². The number of nitrogens with zero attached hydrogens (tertiary/aromatic N) is 6. The Morgan fingerprint density at radius 1 is 1.19 bits per heavy atom. The monoisotopic (exact) mass is 505 g/mol. The van der Waals surface area contributed by atoms with Crippen molar-refractivity contribution in [2.75, 3.05) is 25.5 Å². The van der Waals surface area contributed by atoms with E-state index in [9.17, 15) is 18.0 Å². The van der Waals surface area contributed by atoms with E-state index in [0.717, 1.165) is 6.20 Å². The number of methoxy groups -OCH3 is 1. The molecular weight excluding hydrogens is 479 g/mol. The quantitative estimate of drug-likeness (QED) is 0.545. The fourth-order valence-electron chi connectivity index (χ4n) is 4.08. The molecule has 0 saturated carbocycles. The first-order valence-electron chi connectivity index (χ1n) is 11.2. The number of ether oxygens (including phenoxy) is 2. The van der Waals surface area contributed by atoms with Gasteiger partial charge in [-0.05, 0) is 26.0 Å². The second-order valence-electron chi connectivity index (χ2n) is 8.49. The molecule has 192 valence electrons. The zero-order chi connectivity index (χ0) is 26.0. The van der Waals surface area contributed by atoms with Gasteiger partial charge in [0.2, 0.25) is 0 Å². The van der Waals surface area contributed by atoms with E-state index in [-0.39, 0.29) is 36.2 Å². The third kappa shape index (κ3) is 5.40. The molecule has 1 saturated heterocycles. The molecule has 1 fully saturated rings. The third-order valence-electron chi connectivity index (χ3n) is 5.82. The van der Waals surface area contributed by atoms with E-state index in [1.54, 1.807) is 48.3 Å². The van der Waals surface area contributed by atoms with Crippen LogP contribution in [-0.4, -0.2) is 74.0 Å². The minimum Gasteiger partial charge on any atom is -0.495 e. The lowest BCUT2D eigenvalue weighted by Crippen LogP contribution is -2.58. The fraction of sp³-hybridized carbons (Fsp3) is 0.435. The zero-order valence-electron chi connectivity index (χ0n) is 20.2. The Morgan fingerprint density at radius 2 is 1.97 bits per heavy atom. The van der Waals surface area contributed by atoms with Crippen LogP contribution in [0.4, 0.5) is 19.0 Å². The van der Waals surface area contributed by atoms with Crippen LogP contribution in [0.15, 0.2) is 36.9 Å². The second kappa shape index (κ2) is 10.1. The number of rotatable bonds is 6. The number of hydrogen-bond acceptors (Lipinski definition) is 8. The maximum atomic E-state index is 13.8. The minimum atomic E-state index is -4.57. The number of halogens is 3. The van der Waals surface area contributed by atoms with E-state index in [0.29, 0.717) is 29.7 Å². The summed E-state index contributed by atoms with van der Waals surface area (Å²) in [5.41, 5.74) is 0.284. The highest BCUT2D eigenvalue weighted by Crippen LogP contribution is 2.28. The summed E-state index contributed by atoms with van der Waals surface area (Å²) < 4.78 is 51.0. The lowest BCUT2D eigenvalue weighted by molar-refractivity contribution is -0.141. The number of carbonyl (C=O) groups excluding carboxylic acids is 1. The molecule has 3 atom stereocenters. The molecule has 4 rings (SSSR count). The number of carbonyl (C=O) groups is 1. The van der Waals surface area contributed by atoms with E-state index in [2.05, 4.69) is 25.4 Å². The molecule has 36 heavy (non-hydrogen) atoms. The summed E-state index contributed by atoms with van der Waals surface area (Å²) in [5.74, 6) is 0.432. The lowest BCUT2D eigenvalue weighted by Gasteiger charge is -2.42. The first kappa shape index (κ1) is 25.4. The van der Waals surface area contributed by atoms with Crippen molar-refractivity contribution in [1.82, 2.24) is 29.6 Å². The number of anilines is 1. The number of aryl methyl sites for hydroxylation is 1. The summed E-state index contributed by atoms with van der Waals surface area (Å²) >= 11 is 0. The van der Waals surface area contributed by atoms with Crippen LogP contribution in [0.3, 0.4) is 0 Å². The van der Waals surface area contributed by atoms with Gasteiger partial charge in [-0.15, -0.1) is 0 Å². The van der Waals surface area contributed by atoms with Gasteiger partial charge in [0.05, 0.1) is 55.2 Å². The fourth-order valence-corrected chi connectivity index (χ4v) is 4.08. The van der Waals surface area contributed by atoms with Crippen molar-refractivity contribution in [1.29, 1.82) is 0 Å². The van der Waals surface area contributed by atoms with Crippen LogP contribution >= 0.6 is 0 Å². The molecule has 0 radical (unpaired) electrons. The van der Waals surface area contributed by atoms with E-state index >= 15 is 0 Å². The minimum absolute atomic E-state index is 0.155. The van der Waals surface area contributed by atoms with Gasteiger partial charge in [0.25, 0.3) is 5.91 Å². The number of pyridine rings is 1. The molecule has 0 bridgehead atoms. The second-order valence-corrected chi connectivity index (χ2v) is 8.49. The Hall–Kier alpha value is -3.74. The molecule has 1 N–H and O–H groups in total. The Bertz CT molecular complexity index is 1200. The summed E-state index contributed by atoms with van der Waals surface area (Å²) in [6, 6.07) is 3.05. The molecule has 4 heterocycles. The van der Waals surface area contributed by atoms with Crippen molar-refractivity contribution in [3.05, 3.63) is 48.3 Å². The number of aromatic nitrogens is 5. The van der Waals surface area contributed by atoms with Crippen LogP contribution in [0, 0.1) is 0 Å². The molecule has 1 aliphatic heterocycles. The van der Waals surface area contributed by atoms with Crippen LogP contribution in [0.2, 0.25) is 0 Å². The van der Waals surface area contributed by atoms with Gasteiger partial charge in [0.1, 0.15) is 11.6 Å². The summed E-state index contributed by atoms with van der Waals surface area (Å²) in [6.07, 6.45) is -0.200. The van der Waals surface area contributed by atoms with Crippen molar-refractivity contribution in [3.8, 4) is 17.0 Å². The Balaban J connectivity index is 1.57. The molecule has 1 amide bonds. The highest BCUT2D eigenvalue weighted by atomic mass is 19.4. The lowest BCUT2D eigenvalue weighted by atomic mass is 10.0. The average Bonchev–Trinajstić information content (AvgIpc) is 3.24. The van der Waals surface area contributed by atoms with Gasteiger partial charge in [0.15, 0.2) is 11.4 Å². The van der Waals surface area contributed by atoms with Crippen LogP contribution in [0.25, 0.3) is 11.3 Å². The van der Waals surface area contributed by atoms with Gasteiger partial charge in [-0.1, -0.05) is 0 Å². The molecule has 3 aromatic rings. The predicted molar refractivity (Wildman–Crippen MR) is 123 cm³/mol. The van der Waals surface area contributed by atoms with E-state index < -0.39 is 17.9 Å². The average molecular weight is 506 g/mol. The van der Waals surface area contributed by atoms with E-state index in [4.69, 9.17) is 9.47 Å². The Labute approximate surface area is 205 Å². The van der Waals surface area contributed by atoms with Crippen molar-refractivity contribution < 1.29 is 27.4 Å². The number of morpholine rings is 1. The molecule has 1 aliphatic rings. The third-order valence-corrected chi connectivity index (χ3v) is 5.82. The molecule has 0 aliphatic carbocycles. The molecule has 0 aromatic carbocycles. The maximum absolute atomic E-state index is 13.8. The maximum Gasteiger partial charge on any atom is 0.434 e. The largest absolute Gasteiger partial charge is 0.495 e. The first-order valence-corrected chi connectivity index (χ1v) is 11.2. The van der Waals surface area contributed by atoms with Crippen molar-refractivity contribution in [2.45, 2.75) is 38.3 Å². The molecular formula is C23H26F3N7O3. The smallest absolute Gasteiger partial charge is 0.434 e. The summed E-state index contributed by atoms with van der Waals surface area (Å²) in [7, 11) is 3.26. The summed E-state index contributed by atoms with van der Waals surface area (Å²) in [5, 5.41) is 7.38. The van der Waals surface area contributed by atoms with Crippen LogP contribution in [-0.2, 0) is 18.0 Å². The van der Waals surface area contributed by atoms with Crippen LogP contribution < -0.4 is 10.1 Å². The molecule has 10 nitrogen and oxygen atoms in total. The predicted octanol–water partition coefficient (Wildman–Crippen LogP) is 3.03. The van der Waals surface area contributed by atoms with Crippen LogP contribution in [0.1, 0.15) is 30.0 Å².